The second-order valence-corrected chi connectivity index (χ2v) is 6.81. The van der Waals surface area contributed by atoms with Crippen LogP contribution in [0, 0.1) is 0 Å². The Kier molecular flexibility index (Phi) is 5.45. The molecule has 122 valence electrons. The van der Waals surface area contributed by atoms with E-state index in [2.05, 4.69) is 20.2 Å². The van der Waals surface area contributed by atoms with Gasteiger partial charge >= 0.3 is 6.09 Å². The number of carbonyl (C=O) groups excluding carboxylic acids is 1. The molecule has 2 rings (SSSR count). The van der Waals surface area contributed by atoms with Crippen molar-refractivity contribution >= 4 is 23.5 Å². The first kappa shape index (κ1) is 16.8. The molecular formula is C15H23ClN4O2. The summed E-state index contributed by atoms with van der Waals surface area (Å²) >= 11 is 5.94. The van der Waals surface area contributed by atoms with E-state index in [0.717, 1.165) is 31.6 Å². The standard InChI is InChI=1S/C15H23ClN4O2/c1-15(2,3)22-14(21)17-9-11-6-4-5-7-20(11)13-8-12(16)18-10-19-13/h8,10-11H,4-7,9H2,1-3H3,(H,17,21)/t11-/m0/s1. The molecule has 6 nitrogen and oxygen atoms in total. The maximum absolute atomic E-state index is 11.8. The number of piperidine rings is 1. The molecule has 1 amide bonds. The van der Waals surface area contributed by atoms with Crippen molar-refractivity contribution in [3.63, 3.8) is 0 Å². The zero-order valence-corrected chi connectivity index (χ0v) is 14.1. The van der Waals surface area contributed by atoms with E-state index in [-0.39, 0.29) is 6.04 Å². The first-order chi connectivity index (χ1) is 10.3. The van der Waals surface area contributed by atoms with Gasteiger partial charge < -0.3 is 15.0 Å². The SMILES string of the molecule is CC(C)(C)OC(=O)NC[C@@H]1CCCCN1c1cc(Cl)ncn1. The van der Waals surface area contributed by atoms with E-state index in [1.807, 2.05) is 20.8 Å². The molecule has 0 aromatic carbocycles. The fourth-order valence-electron chi connectivity index (χ4n) is 2.51. The minimum Gasteiger partial charge on any atom is -0.444 e. The van der Waals surface area contributed by atoms with Gasteiger partial charge in [0.15, 0.2) is 0 Å². The highest BCUT2D eigenvalue weighted by Crippen LogP contribution is 2.24. The highest BCUT2D eigenvalue weighted by molar-refractivity contribution is 6.29. The van der Waals surface area contributed by atoms with E-state index in [1.54, 1.807) is 6.07 Å². The number of halogens is 1. The lowest BCUT2D eigenvalue weighted by atomic mass is 10.0. The lowest BCUT2D eigenvalue weighted by molar-refractivity contribution is 0.0523. The van der Waals surface area contributed by atoms with Crippen molar-refractivity contribution in [2.75, 3.05) is 18.0 Å². The van der Waals surface area contributed by atoms with Crippen LogP contribution in [-0.2, 0) is 4.74 Å². The summed E-state index contributed by atoms with van der Waals surface area (Å²) < 4.78 is 5.27. The Morgan fingerprint density at radius 1 is 1.45 bits per heavy atom. The first-order valence-electron chi connectivity index (χ1n) is 7.56. The normalized spacial score (nSPS) is 18.9. The molecule has 0 radical (unpaired) electrons. The summed E-state index contributed by atoms with van der Waals surface area (Å²) in [5.41, 5.74) is -0.490. The smallest absolute Gasteiger partial charge is 0.407 e. The van der Waals surface area contributed by atoms with Crippen LogP contribution >= 0.6 is 11.6 Å². The van der Waals surface area contributed by atoms with Crippen LogP contribution in [0.3, 0.4) is 0 Å². The van der Waals surface area contributed by atoms with Gasteiger partial charge in [0.05, 0.1) is 0 Å². The van der Waals surface area contributed by atoms with Crippen molar-refractivity contribution < 1.29 is 9.53 Å². The molecule has 0 aliphatic carbocycles. The molecule has 0 saturated carbocycles. The van der Waals surface area contributed by atoms with Gasteiger partial charge in [-0.05, 0) is 40.0 Å². The van der Waals surface area contributed by atoms with E-state index >= 15 is 0 Å². The predicted octanol–water partition coefficient (Wildman–Crippen LogP) is 3.01. The summed E-state index contributed by atoms with van der Waals surface area (Å²) in [6.45, 7) is 6.97. The number of hydrogen-bond acceptors (Lipinski definition) is 5. The highest BCUT2D eigenvalue weighted by Gasteiger charge is 2.25. The van der Waals surface area contributed by atoms with Crippen molar-refractivity contribution in [3.8, 4) is 0 Å². The molecule has 1 fully saturated rings. The predicted molar refractivity (Wildman–Crippen MR) is 86.3 cm³/mol. The fourth-order valence-corrected chi connectivity index (χ4v) is 2.65. The molecule has 1 saturated heterocycles. The Morgan fingerprint density at radius 2 is 2.23 bits per heavy atom. The van der Waals surface area contributed by atoms with Crippen LogP contribution < -0.4 is 10.2 Å². The minimum atomic E-state index is -0.490. The summed E-state index contributed by atoms with van der Waals surface area (Å²) in [5.74, 6) is 0.802. The quantitative estimate of drug-likeness (QED) is 0.865. The topological polar surface area (TPSA) is 67.3 Å². The number of anilines is 1. The number of carbonyl (C=O) groups is 1. The third-order valence-electron chi connectivity index (χ3n) is 3.42. The van der Waals surface area contributed by atoms with E-state index in [4.69, 9.17) is 16.3 Å². The summed E-state index contributed by atoms with van der Waals surface area (Å²) in [7, 11) is 0. The van der Waals surface area contributed by atoms with Crippen LogP contribution in [-0.4, -0.2) is 40.8 Å². The fraction of sp³-hybridized carbons (Fsp3) is 0.667. The number of alkyl carbamates (subject to hydrolysis) is 1. The molecule has 1 aliphatic rings. The van der Waals surface area contributed by atoms with Crippen LogP contribution in [0.15, 0.2) is 12.4 Å². The van der Waals surface area contributed by atoms with Crippen LogP contribution in [0.4, 0.5) is 10.6 Å². The number of aromatic nitrogens is 2. The third-order valence-corrected chi connectivity index (χ3v) is 3.63. The van der Waals surface area contributed by atoms with E-state index < -0.39 is 11.7 Å². The second-order valence-electron chi connectivity index (χ2n) is 6.42. The molecule has 0 bridgehead atoms. The first-order valence-corrected chi connectivity index (χ1v) is 7.94. The molecular weight excluding hydrogens is 304 g/mol. The molecule has 7 heteroatoms. The molecule has 1 atom stereocenters. The largest absolute Gasteiger partial charge is 0.444 e. The van der Waals surface area contributed by atoms with Gasteiger partial charge in [-0.25, -0.2) is 14.8 Å². The number of amides is 1. The Bertz CT molecular complexity index is 519. The average Bonchev–Trinajstić information content (AvgIpc) is 2.44. The van der Waals surface area contributed by atoms with Crippen molar-refractivity contribution in [1.82, 2.24) is 15.3 Å². The lowest BCUT2D eigenvalue weighted by Gasteiger charge is -2.36. The Labute approximate surface area is 136 Å². The Balaban J connectivity index is 1.97. The van der Waals surface area contributed by atoms with Crippen molar-refractivity contribution in [1.29, 1.82) is 0 Å². The maximum Gasteiger partial charge on any atom is 0.407 e. The number of hydrogen-bond donors (Lipinski definition) is 1. The molecule has 22 heavy (non-hydrogen) atoms. The molecule has 0 spiro atoms. The Hall–Kier alpha value is -1.56. The van der Waals surface area contributed by atoms with Gasteiger partial charge in [-0.3, -0.25) is 0 Å². The summed E-state index contributed by atoms with van der Waals surface area (Å²) in [4.78, 5) is 22.2. The third kappa shape index (κ3) is 5.02. The van der Waals surface area contributed by atoms with Crippen molar-refractivity contribution in [2.24, 2.45) is 0 Å². The monoisotopic (exact) mass is 326 g/mol. The lowest BCUT2D eigenvalue weighted by Crippen LogP contribution is -2.48. The zero-order chi connectivity index (χ0) is 16.2. The molecule has 1 aromatic heterocycles. The molecule has 1 aliphatic heterocycles. The molecule has 2 heterocycles. The van der Waals surface area contributed by atoms with Gasteiger partial charge in [-0.2, -0.15) is 0 Å². The van der Waals surface area contributed by atoms with Crippen LogP contribution in [0.5, 0.6) is 0 Å². The van der Waals surface area contributed by atoms with Gasteiger partial charge in [0.2, 0.25) is 0 Å². The van der Waals surface area contributed by atoms with Crippen molar-refractivity contribution in [2.45, 2.75) is 51.7 Å². The average molecular weight is 327 g/mol. The number of nitrogens with zero attached hydrogens (tertiary/aromatic N) is 3. The number of nitrogens with one attached hydrogen (secondary N) is 1. The van der Waals surface area contributed by atoms with Crippen LogP contribution in [0.2, 0.25) is 5.15 Å². The van der Waals surface area contributed by atoms with Gasteiger partial charge in [-0.1, -0.05) is 11.6 Å². The highest BCUT2D eigenvalue weighted by atomic mass is 35.5. The maximum atomic E-state index is 11.8. The number of rotatable bonds is 3. The minimum absolute atomic E-state index is 0.187. The molecule has 0 unspecified atom stereocenters. The zero-order valence-electron chi connectivity index (χ0n) is 13.3. The Morgan fingerprint density at radius 3 is 2.91 bits per heavy atom. The van der Waals surface area contributed by atoms with Gasteiger partial charge in [0.1, 0.15) is 22.9 Å². The van der Waals surface area contributed by atoms with Gasteiger partial charge in [0, 0.05) is 25.2 Å². The summed E-state index contributed by atoms with van der Waals surface area (Å²) in [6.07, 6.45) is 4.31. The van der Waals surface area contributed by atoms with Crippen LogP contribution in [0.25, 0.3) is 0 Å². The number of ether oxygens (including phenoxy) is 1. The second kappa shape index (κ2) is 7.13. The van der Waals surface area contributed by atoms with Gasteiger partial charge in [-0.15, -0.1) is 0 Å². The van der Waals surface area contributed by atoms with E-state index in [1.165, 1.54) is 6.33 Å². The van der Waals surface area contributed by atoms with Crippen LogP contribution in [0.1, 0.15) is 40.0 Å². The molecule has 1 aromatic rings. The van der Waals surface area contributed by atoms with Gasteiger partial charge in [0.25, 0.3) is 0 Å². The summed E-state index contributed by atoms with van der Waals surface area (Å²) in [5, 5.41) is 3.27. The summed E-state index contributed by atoms with van der Waals surface area (Å²) in [6, 6.07) is 1.94. The van der Waals surface area contributed by atoms with E-state index in [9.17, 15) is 4.79 Å². The van der Waals surface area contributed by atoms with Crippen molar-refractivity contribution in [3.05, 3.63) is 17.5 Å². The van der Waals surface area contributed by atoms with E-state index in [0.29, 0.717) is 11.7 Å². The molecule has 1 N–H and O–H groups in total.